The summed E-state index contributed by atoms with van der Waals surface area (Å²) in [6, 6.07) is -1.14. The Bertz CT molecular complexity index is 717. The van der Waals surface area contributed by atoms with Gasteiger partial charge in [0.15, 0.2) is 0 Å². The van der Waals surface area contributed by atoms with E-state index < -0.39 is 40.0 Å². The molecule has 0 aromatic heterocycles. The molecule has 0 aliphatic carbocycles. The summed E-state index contributed by atoms with van der Waals surface area (Å²) in [6.07, 6.45) is 29.9. The van der Waals surface area contributed by atoms with E-state index in [1.807, 2.05) is 0 Å². The highest BCUT2D eigenvalue weighted by atomic mass is 32.2. The lowest BCUT2D eigenvalue weighted by Crippen LogP contribution is -2.50. The molecule has 0 bridgehead atoms. The Hall–Kier alpha value is -0.700. The highest BCUT2D eigenvalue weighted by Gasteiger charge is 2.28. The molecule has 8 heteroatoms. The van der Waals surface area contributed by atoms with Gasteiger partial charge in [-0.3, -0.25) is 9.35 Å². The fourth-order valence-corrected chi connectivity index (χ4v) is 6.57. The normalized spacial score (nSPS) is 14.1. The maximum atomic E-state index is 12.5. The minimum Gasteiger partial charge on any atom is -0.391 e. The van der Waals surface area contributed by atoms with Gasteiger partial charge in [-0.05, 0) is 12.8 Å². The number of carbonyl (C=O) groups is 1. The molecule has 0 heterocycles. The third kappa shape index (κ3) is 29.8. The molecule has 43 heavy (non-hydrogen) atoms. The molecule has 0 aliphatic rings. The summed E-state index contributed by atoms with van der Waals surface area (Å²) in [5.74, 6) is -1.45. The molecule has 0 fully saturated rings. The number of nitrogens with one attached hydrogen (secondary N) is 1. The second kappa shape index (κ2) is 30.0. The average Bonchev–Trinajstić information content (AvgIpc) is 2.96. The standard InChI is InChI=1S/C35H71NO6S/c1-3-5-7-9-11-13-14-15-16-17-18-19-20-21-22-24-25-27-29-33(37)32(31-43(40,41)42)36-35(39)34(38)30-28-26-23-12-10-8-6-4-2/h32-34,37-38H,3-31H2,1-2H3,(H,36,39)(H,40,41,42). The van der Waals surface area contributed by atoms with Crippen molar-refractivity contribution < 1.29 is 28.0 Å². The molecule has 0 saturated heterocycles. The number of hydrogen-bond acceptors (Lipinski definition) is 5. The number of amides is 1. The maximum Gasteiger partial charge on any atom is 0.266 e. The SMILES string of the molecule is CCCCCCCCCCCCCCCCCCCCC(O)C(CS(=O)(=O)O)NC(=O)C(O)CCCCCCCCCC. The summed E-state index contributed by atoms with van der Waals surface area (Å²) in [5, 5.41) is 23.3. The van der Waals surface area contributed by atoms with Crippen molar-refractivity contribution in [3.8, 4) is 0 Å². The van der Waals surface area contributed by atoms with Crippen molar-refractivity contribution in [2.45, 2.75) is 212 Å². The second-order valence-corrected chi connectivity index (χ2v) is 14.5. The highest BCUT2D eigenvalue weighted by Crippen LogP contribution is 2.16. The van der Waals surface area contributed by atoms with E-state index in [4.69, 9.17) is 0 Å². The Balaban J connectivity index is 3.95. The van der Waals surface area contributed by atoms with Gasteiger partial charge in [-0.15, -0.1) is 0 Å². The minimum absolute atomic E-state index is 0.300. The van der Waals surface area contributed by atoms with Crippen molar-refractivity contribution in [2.24, 2.45) is 0 Å². The van der Waals surface area contributed by atoms with Crippen LogP contribution in [0.4, 0.5) is 0 Å². The van der Waals surface area contributed by atoms with Gasteiger partial charge in [-0.1, -0.05) is 181 Å². The quantitative estimate of drug-likeness (QED) is 0.0422. The maximum absolute atomic E-state index is 12.5. The zero-order chi connectivity index (χ0) is 32.0. The van der Waals surface area contributed by atoms with Gasteiger partial charge < -0.3 is 15.5 Å². The van der Waals surface area contributed by atoms with Gasteiger partial charge in [0.2, 0.25) is 5.91 Å². The van der Waals surface area contributed by atoms with Gasteiger partial charge in [-0.25, -0.2) is 0 Å². The van der Waals surface area contributed by atoms with Crippen LogP contribution in [-0.4, -0.2) is 53.1 Å². The zero-order valence-corrected chi connectivity index (χ0v) is 29.0. The van der Waals surface area contributed by atoms with Gasteiger partial charge in [0.1, 0.15) is 6.10 Å². The summed E-state index contributed by atoms with van der Waals surface area (Å²) in [4.78, 5) is 12.5. The van der Waals surface area contributed by atoms with Crippen molar-refractivity contribution in [1.82, 2.24) is 5.32 Å². The van der Waals surface area contributed by atoms with Crippen LogP contribution in [-0.2, 0) is 14.9 Å². The molecular weight excluding hydrogens is 562 g/mol. The van der Waals surface area contributed by atoms with Crippen molar-refractivity contribution in [2.75, 3.05) is 5.75 Å². The van der Waals surface area contributed by atoms with Crippen LogP contribution >= 0.6 is 0 Å². The fraction of sp³-hybridized carbons (Fsp3) is 0.971. The van der Waals surface area contributed by atoms with E-state index >= 15 is 0 Å². The molecular formula is C35H71NO6S. The smallest absolute Gasteiger partial charge is 0.266 e. The molecule has 3 unspecified atom stereocenters. The first kappa shape index (κ1) is 42.3. The van der Waals surface area contributed by atoms with E-state index in [1.165, 1.54) is 116 Å². The summed E-state index contributed by atoms with van der Waals surface area (Å²) in [7, 11) is -4.39. The van der Waals surface area contributed by atoms with Gasteiger partial charge in [-0.2, -0.15) is 8.42 Å². The summed E-state index contributed by atoms with van der Waals surface area (Å²) >= 11 is 0. The number of aliphatic hydroxyl groups excluding tert-OH is 2. The summed E-state index contributed by atoms with van der Waals surface area (Å²) in [6.45, 7) is 4.45. The molecule has 0 saturated carbocycles. The summed E-state index contributed by atoms with van der Waals surface area (Å²) in [5.41, 5.74) is 0. The van der Waals surface area contributed by atoms with E-state index in [-0.39, 0.29) is 0 Å². The molecule has 0 rings (SSSR count). The lowest BCUT2D eigenvalue weighted by molar-refractivity contribution is -0.131. The zero-order valence-electron chi connectivity index (χ0n) is 28.2. The Kier molecular flexibility index (Phi) is 29.5. The fourth-order valence-electron chi connectivity index (χ4n) is 5.81. The predicted octanol–water partition coefficient (Wildman–Crippen LogP) is 9.04. The lowest BCUT2D eigenvalue weighted by Gasteiger charge is -2.24. The van der Waals surface area contributed by atoms with E-state index in [0.717, 1.165) is 44.9 Å². The van der Waals surface area contributed by atoms with Crippen molar-refractivity contribution in [1.29, 1.82) is 0 Å². The highest BCUT2D eigenvalue weighted by molar-refractivity contribution is 7.85. The molecule has 258 valence electrons. The summed E-state index contributed by atoms with van der Waals surface area (Å²) < 4.78 is 32.4. The predicted molar refractivity (Wildman–Crippen MR) is 181 cm³/mol. The minimum atomic E-state index is -4.39. The van der Waals surface area contributed by atoms with Gasteiger partial charge in [0, 0.05) is 0 Å². The molecule has 3 atom stereocenters. The van der Waals surface area contributed by atoms with Crippen LogP contribution in [0.15, 0.2) is 0 Å². The van der Waals surface area contributed by atoms with Crippen LogP contribution in [0.25, 0.3) is 0 Å². The molecule has 0 aromatic carbocycles. The van der Waals surface area contributed by atoms with Crippen molar-refractivity contribution in [3.63, 3.8) is 0 Å². The first-order valence-corrected chi connectivity index (χ1v) is 19.9. The Morgan fingerprint density at radius 1 is 0.535 bits per heavy atom. The van der Waals surface area contributed by atoms with Crippen LogP contribution in [0.3, 0.4) is 0 Å². The van der Waals surface area contributed by atoms with E-state index in [0.29, 0.717) is 19.3 Å². The number of rotatable bonds is 33. The third-order valence-corrected chi connectivity index (χ3v) is 9.45. The van der Waals surface area contributed by atoms with Crippen molar-refractivity contribution >= 4 is 16.0 Å². The topological polar surface area (TPSA) is 124 Å². The lowest BCUT2D eigenvalue weighted by atomic mass is 10.0. The third-order valence-electron chi connectivity index (χ3n) is 8.67. The number of carbonyl (C=O) groups excluding carboxylic acids is 1. The first-order valence-electron chi connectivity index (χ1n) is 18.3. The van der Waals surface area contributed by atoms with Gasteiger partial charge >= 0.3 is 0 Å². The van der Waals surface area contributed by atoms with Crippen LogP contribution in [0.1, 0.15) is 194 Å². The van der Waals surface area contributed by atoms with E-state index in [1.54, 1.807) is 0 Å². The molecule has 1 amide bonds. The van der Waals surface area contributed by atoms with Gasteiger partial charge in [0.05, 0.1) is 17.9 Å². The molecule has 0 aliphatic heterocycles. The Morgan fingerprint density at radius 2 is 0.837 bits per heavy atom. The van der Waals surface area contributed by atoms with Crippen LogP contribution in [0.2, 0.25) is 0 Å². The monoisotopic (exact) mass is 634 g/mol. The molecule has 7 nitrogen and oxygen atoms in total. The van der Waals surface area contributed by atoms with Crippen LogP contribution in [0.5, 0.6) is 0 Å². The molecule has 4 N–H and O–H groups in total. The Labute approximate surface area is 266 Å². The number of unbranched alkanes of at least 4 members (excludes halogenated alkanes) is 24. The molecule has 0 aromatic rings. The average molecular weight is 634 g/mol. The molecule has 0 radical (unpaired) electrons. The first-order chi connectivity index (χ1) is 20.7. The second-order valence-electron chi connectivity index (χ2n) is 13.0. The van der Waals surface area contributed by atoms with Gasteiger partial charge in [0.25, 0.3) is 10.1 Å². The number of aliphatic hydroxyl groups is 2. The largest absolute Gasteiger partial charge is 0.391 e. The van der Waals surface area contributed by atoms with Crippen LogP contribution < -0.4 is 5.32 Å². The van der Waals surface area contributed by atoms with E-state index in [2.05, 4.69) is 19.2 Å². The molecule has 0 spiro atoms. The van der Waals surface area contributed by atoms with E-state index in [9.17, 15) is 28.0 Å². The number of hydrogen-bond donors (Lipinski definition) is 4. The van der Waals surface area contributed by atoms with Crippen LogP contribution in [0, 0.1) is 0 Å². The Morgan fingerprint density at radius 3 is 1.16 bits per heavy atom. The van der Waals surface area contributed by atoms with Crippen molar-refractivity contribution in [3.05, 3.63) is 0 Å².